The Bertz CT molecular complexity index is 806. The molecule has 28 heavy (non-hydrogen) atoms. The van der Waals surface area contributed by atoms with Gasteiger partial charge in [0.2, 0.25) is 0 Å². The maximum absolute atomic E-state index is 13.1. The SMILES string of the molecule is CCCCc1ccc(NC(=O)NC(Cc2ccc(F)cc2)C(=O)OC)c(C)c1. The van der Waals surface area contributed by atoms with E-state index in [1.807, 2.05) is 19.1 Å². The second-order valence-electron chi connectivity index (χ2n) is 6.76. The molecule has 2 N–H and O–H groups in total. The summed E-state index contributed by atoms with van der Waals surface area (Å²) in [5.41, 5.74) is 3.59. The Morgan fingerprint density at radius 2 is 1.79 bits per heavy atom. The first kappa shape index (κ1) is 21.4. The van der Waals surface area contributed by atoms with Crippen molar-refractivity contribution in [3.05, 3.63) is 65.0 Å². The summed E-state index contributed by atoms with van der Waals surface area (Å²) in [4.78, 5) is 24.5. The van der Waals surface area contributed by atoms with E-state index in [-0.39, 0.29) is 12.2 Å². The molecule has 2 aromatic rings. The van der Waals surface area contributed by atoms with Crippen molar-refractivity contribution in [3.63, 3.8) is 0 Å². The fourth-order valence-electron chi connectivity index (χ4n) is 2.91. The summed E-state index contributed by atoms with van der Waals surface area (Å²) in [6, 6.07) is 10.3. The third kappa shape index (κ3) is 6.37. The van der Waals surface area contributed by atoms with Crippen LogP contribution in [0, 0.1) is 12.7 Å². The molecular weight excluding hydrogens is 359 g/mol. The predicted molar refractivity (Wildman–Crippen MR) is 108 cm³/mol. The zero-order chi connectivity index (χ0) is 20.5. The third-order valence-electron chi connectivity index (χ3n) is 4.50. The van der Waals surface area contributed by atoms with Gasteiger partial charge in [-0.2, -0.15) is 0 Å². The van der Waals surface area contributed by atoms with Crippen LogP contribution in [0.25, 0.3) is 0 Å². The summed E-state index contributed by atoms with van der Waals surface area (Å²) in [6.07, 6.45) is 3.46. The molecule has 2 aromatic carbocycles. The van der Waals surface area contributed by atoms with Crippen molar-refractivity contribution in [1.82, 2.24) is 5.32 Å². The number of ether oxygens (including phenoxy) is 1. The molecule has 0 spiro atoms. The van der Waals surface area contributed by atoms with Crippen LogP contribution in [-0.2, 0) is 22.4 Å². The lowest BCUT2D eigenvalue weighted by Gasteiger charge is -2.18. The van der Waals surface area contributed by atoms with Crippen LogP contribution in [0.4, 0.5) is 14.9 Å². The Kier molecular flexibility index (Phi) is 7.99. The summed E-state index contributed by atoms with van der Waals surface area (Å²) in [6.45, 7) is 4.08. The second kappa shape index (κ2) is 10.4. The van der Waals surface area contributed by atoms with Crippen LogP contribution >= 0.6 is 0 Å². The van der Waals surface area contributed by atoms with Gasteiger partial charge in [-0.3, -0.25) is 0 Å². The van der Waals surface area contributed by atoms with Crippen molar-refractivity contribution >= 4 is 17.7 Å². The quantitative estimate of drug-likeness (QED) is 0.662. The topological polar surface area (TPSA) is 67.4 Å². The summed E-state index contributed by atoms with van der Waals surface area (Å²) >= 11 is 0. The van der Waals surface area contributed by atoms with E-state index in [1.54, 1.807) is 12.1 Å². The number of carbonyl (C=O) groups excluding carboxylic acids is 2. The standard InChI is InChI=1S/C22H27FN2O3/c1-4-5-6-16-9-12-19(15(2)13-16)24-22(27)25-20(21(26)28-3)14-17-7-10-18(23)11-8-17/h7-13,20H,4-6,14H2,1-3H3,(H2,24,25,27). The Labute approximate surface area is 165 Å². The number of benzene rings is 2. The maximum Gasteiger partial charge on any atom is 0.328 e. The highest BCUT2D eigenvalue weighted by Gasteiger charge is 2.22. The Hall–Kier alpha value is -2.89. The van der Waals surface area contributed by atoms with Crippen molar-refractivity contribution < 1.29 is 18.7 Å². The molecule has 0 fully saturated rings. The first-order chi connectivity index (χ1) is 13.4. The lowest BCUT2D eigenvalue weighted by Crippen LogP contribution is -2.45. The second-order valence-corrected chi connectivity index (χ2v) is 6.76. The summed E-state index contributed by atoms with van der Waals surface area (Å²) in [7, 11) is 1.26. The van der Waals surface area contributed by atoms with Crippen molar-refractivity contribution in [2.75, 3.05) is 12.4 Å². The number of nitrogens with one attached hydrogen (secondary N) is 2. The minimum atomic E-state index is -0.875. The van der Waals surface area contributed by atoms with Crippen molar-refractivity contribution in [2.24, 2.45) is 0 Å². The van der Waals surface area contributed by atoms with Crippen LogP contribution in [0.3, 0.4) is 0 Å². The molecule has 0 radical (unpaired) electrons. The molecule has 0 aromatic heterocycles. The largest absolute Gasteiger partial charge is 0.467 e. The molecule has 0 heterocycles. The summed E-state index contributed by atoms with van der Waals surface area (Å²) in [5, 5.41) is 5.42. The van der Waals surface area contributed by atoms with Gasteiger partial charge in [-0.25, -0.2) is 14.0 Å². The van der Waals surface area contributed by atoms with E-state index in [1.165, 1.54) is 24.8 Å². The number of carbonyl (C=O) groups is 2. The highest BCUT2D eigenvalue weighted by molar-refractivity contribution is 5.93. The molecule has 1 unspecified atom stereocenters. The number of rotatable bonds is 8. The number of amides is 2. The van der Waals surface area contributed by atoms with Gasteiger partial charge in [0.15, 0.2) is 0 Å². The Balaban J connectivity index is 2.02. The molecule has 6 heteroatoms. The fourth-order valence-corrected chi connectivity index (χ4v) is 2.91. The molecule has 2 amide bonds. The summed E-state index contributed by atoms with van der Waals surface area (Å²) in [5.74, 6) is -0.923. The first-order valence-corrected chi connectivity index (χ1v) is 9.42. The number of unbranched alkanes of at least 4 members (excludes halogenated alkanes) is 1. The van der Waals surface area contributed by atoms with E-state index in [2.05, 4.69) is 23.6 Å². The fraction of sp³-hybridized carbons (Fsp3) is 0.364. The number of anilines is 1. The maximum atomic E-state index is 13.1. The van der Waals surface area contributed by atoms with Crippen molar-refractivity contribution in [3.8, 4) is 0 Å². The predicted octanol–water partition coefficient (Wildman–Crippen LogP) is 4.38. The molecule has 0 aliphatic carbocycles. The van der Waals surface area contributed by atoms with Crippen molar-refractivity contribution in [1.29, 1.82) is 0 Å². The minimum absolute atomic E-state index is 0.204. The molecule has 0 saturated carbocycles. The average Bonchev–Trinajstić information content (AvgIpc) is 2.68. The lowest BCUT2D eigenvalue weighted by atomic mass is 10.0. The molecule has 0 aliphatic rings. The molecule has 0 saturated heterocycles. The van der Waals surface area contributed by atoms with Crippen LogP contribution in [-0.4, -0.2) is 25.2 Å². The Morgan fingerprint density at radius 1 is 1.11 bits per heavy atom. The number of aryl methyl sites for hydroxylation is 2. The molecule has 2 rings (SSSR count). The minimum Gasteiger partial charge on any atom is -0.467 e. The van der Waals surface area contributed by atoms with E-state index < -0.39 is 18.0 Å². The number of hydrogen-bond acceptors (Lipinski definition) is 3. The molecule has 0 bridgehead atoms. The lowest BCUT2D eigenvalue weighted by molar-refractivity contribution is -0.142. The molecule has 1 atom stereocenters. The number of methoxy groups -OCH3 is 1. The number of urea groups is 1. The van der Waals surface area contributed by atoms with Crippen molar-refractivity contribution in [2.45, 2.75) is 45.6 Å². The van der Waals surface area contributed by atoms with Crippen LogP contribution in [0.2, 0.25) is 0 Å². The van der Waals surface area contributed by atoms with Gasteiger partial charge in [-0.05, 0) is 54.7 Å². The van der Waals surface area contributed by atoms with Gasteiger partial charge in [0.1, 0.15) is 11.9 Å². The zero-order valence-electron chi connectivity index (χ0n) is 16.5. The van der Waals surface area contributed by atoms with Gasteiger partial charge >= 0.3 is 12.0 Å². The number of hydrogen-bond donors (Lipinski definition) is 2. The van der Waals surface area contributed by atoms with Gasteiger partial charge in [-0.15, -0.1) is 0 Å². The highest BCUT2D eigenvalue weighted by Crippen LogP contribution is 2.18. The van der Waals surface area contributed by atoms with Crippen LogP contribution in [0.15, 0.2) is 42.5 Å². The van der Waals surface area contributed by atoms with E-state index in [0.717, 1.165) is 24.8 Å². The van der Waals surface area contributed by atoms with Crippen LogP contribution in [0.1, 0.15) is 36.5 Å². The van der Waals surface area contributed by atoms with Gasteiger partial charge < -0.3 is 15.4 Å². The molecule has 0 aliphatic heterocycles. The number of halogens is 1. The smallest absolute Gasteiger partial charge is 0.328 e. The molecule has 5 nitrogen and oxygen atoms in total. The normalized spacial score (nSPS) is 11.6. The van der Waals surface area contributed by atoms with E-state index in [4.69, 9.17) is 4.74 Å². The number of esters is 1. The van der Waals surface area contributed by atoms with Gasteiger partial charge in [0, 0.05) is 12.1 Å². The highest BCUT2D eigenvalue weighted by atomic mass is 19.1. The third-order valence-corrected chi connectivity index (χ3v) is 4.50. The van der Waals surface area contributed by atoms with Gasteiger partial charge in [0.05, 0.1) is 7.11 Å². The monoisotopic (exact) mass is 386 g/mol. The molecule has 150 valence electrons. The van der Waals surface area contributed by atoms with E-state index >= 15 is 0 Å². The van der Waals surface area contributed by atoms with Crippen LogP contribution in [0.5, 0.6) is 0 Å². The molecular formula is C22H27FN2O3. The first-order valence-electron chi connectivity index (χ1n) is 9.42. The van der Waals surface area contributed by atoms with E-state index in [9.17, 15) is 14.0 Å². The Morgan fingerprint density at radius 3 is 2.39 bits per heavy atom. The van der Waals surface area contributed by atoms with Gasteiger partial charge in [-0.1, -0.05) is 37.6 Å². The summed E-state index contributed by atoms with van der Waals surface area (Å²) < 4.78 is 17.8. The van der Waals surface area contributed by atoms with Crippen LogP contribution < -0.4 is 10.6 Å². The van der Waals surface area contributed by atoms with Gasteiger partial charge in [0.25, 0.3) is 0 Å². The van der Waals surface area contributed by atoms with E-state index in [0.29, 0.717) is 11.3 Å². The zero-order valence-corrected chi connectivity index (χ0v) is 16.5. The average molecular weight is 386 g/mol.